The molecule has 1 aromatic rings. The van der Waals surface area contributed by atoms with Gasteiger partial charge in [0.15, 0.2) is 6.04 Å². The first kappa shape index (κ1) is 18.7. The van der Waals surface area contributed by atoms with Crippen LogP contribution in [0.5, 0.6) is 0 Å². The minimum Gasteiger partial charge on any atom is -0.480 e. The Kier molecular flexibility index (Phi) is 5.58. The highest BCUT2D eigenvalue weighted by atomic mass is 16.5. The quantitative estimate of drug-likeness (QED) is 0.807. The molecule has 3 rings (SSSR count). The number of benzene rings is 1. The number of carbonyl (C=O) groups excluding carboxylic acids is 3. The Morgan fingerprint density at radius 3 is 2.63 bits per heavy atom. The molecule has 0 radical (unpaired) electrons. The molecule has 0 aliphatic carbocycles. The van der Waals surface area contributed by atoms with Gasteiger partial charge < -0.3 is 15.2 Å². The molecule has 2 unspecified atom stereocenters. The number of nitrogens with zero attached hydrogens (tertiary/aromatic N) is 2. The fourth-order valence-corrected chi connectivity index (χ4v) is 3.30. The zero-order valence-electron chi connectivity index (χ0n) is 14.7. The summed E-state index contributed by atoms with van der Waals surface area (Å²) in [6, 6.07) is 6.94. The van der Waals surface area contributed by atoms with Gasteiger partial charge in [-0.25, -0.2) is 14.6 Å². The Morgan fingerprint density at radius 1 is 1.19 bits per heavy atom. The van der Waals surface area contributed by atoms with Gasteiger partial charge in [0.1, 0.15) is 12.6 Å². The van der Waals surface area contributed by atoms with Crippen molar-refractivity contribution in [1.29, 1.82) is 0 Å². The number of ether oxygens (including phenoxy) is 1. The molecule has 0 spiro atoms. The minimum atomic E-state index is -1.17. The lowest BCUT2D eigenvalue weighted by molar-refractivity contribution is -0.180. The monoisotopic (exact) mass is 375 g/mol. The lowest BCUT2D eigenvalue weighted by Gasteiger charge is -2.41. The first-order chi connectivity index (χ1) is 13.0. The average molecular weight is 375 g/mol. The molecule has 2 heterocycles. The maximum atomic E-state index is 12.8. The molecule has 2 N–H and O–H groups in total. The predicted molar refractivity (Wildman–Crippen MR) is 92.0 cm³/mol. The Morgan fingerprint density at radius 2 is 1.93 bits per heavy atom. The number of carboxylic acids is 1. The SMILES string of the molecule is O=C(NC1CCC(=O)N2CCCC(C(=O)O)N2C1=O)OCc1ccccc1. The number of hydrogen-bond acceptors (Lipinski definition) is 5. The van der Waals surface area contributed by atoms with Crippen LogP contribution in [0.15, 0.2) is 30.3 Å². The molecule has 2 saturated heterocycles. The zero-order chi connectivity index (χ0) is 19.4. The molecular weight excluding hydrogens is 354 g/mol. The van der Waals surface area contributed by atoms with E-state index in [9.17, 15) is 24.3 Å². The van der Waals surface area contributed by atoms with Crippen molar-refractivity contribution in [2.45, 2.75) is 44.4 Å². The molecule has 27 heavy (non-hydrogen) atoms. The second kappa shape index (κ2) is 8.07. The van der Waals surface area contributed by atoms with Crippen LogP contribution < -0.4 is 5.32 Å². The molecule has 2 fully saturated rings. The van der Waals surface area contributed by atoms with Crippen molar-refractivity contribution in [2.75, 3.05) is 6.54 Å². The summed E-state index contributed by atoms with van der Waals surface area (Å²) < 4.78 is 5.12. The predicted octanol–water partition coefficient (Wildman–Crippen LogP) is 0.894. The van der Waals surface area contributed by atoms with Crippen LogP contribution in [0.25, 0.3) is 0 Å². The van der Waals surface area contributed by atoms with Gasteiger partial charge in [-0.15, -0.1) is 0 Å². The van der Waals surface area contributed by atoms with E-state index in [0.29, 0.717) is 13.0 Å². The van der Waals surface area contributed by atoms with Crippen molar-refractivity contribution in [1.82, 2.24) is 15.3 Å². The number of alkyl carbamates (subject to hydrolysis) is 1. The molecule has 0 bridgehead atoms. The highest BCUT2D eigenvalue weighted by Crippen LogP contribution is 2.24. The van der Waals surface area contributed by atoms with Crippen molar-refractivity contribution >= 4 is 23.9 Å². The van der Waals surface area contributed by atoms with E-state index in [2.05, 4.69) is 5.32 Å². The van der Waals surface area contributed by atoms with Crippen molar-refractivity contribution in [3.05, 3.63) is 35.9 Å². The van der Waals surface area contributed by atoms with Crippen molar-refractivity contribution in [3.8, 4) is 0 Å². The summed E-state index contributed by atoms with van der Waals surface area (Å²) in [7, 11) is 0. The van der Waals surface area contributed by atoms with E-state index in [4.69, 9.17) is 4.74 Å². The summed E-state index contributed by atoms with van der Waals surface area (Å²) >= 11 is 0. The number of aliphatic carboxylic acids is 1. The van der Waals surface area contributed by atoms with Gasteiger partial charge >= 0.3 is 12.1 Å². The highest BCUT2D eigenvalue weighted by molar-refractivity contribution is 5.93. The van der Waals surface area contributed by atoms with Gasteiger partial charge in [0.25, 0.3) is 5.91 Å². The van der Waals surface area contributed by atoms with Gasteiger partial charge in [-0.3, -0.25) is 14.6 Å². The van der Waals surface area contributed by atoms with Crippen LogP contribution in [0.3, 0.4) is 0 Å². The molecule has 144 valence electrons. The third-order valence-electron chi connectivity index (χ3n) is 4.65. The summed E-state index contributed by atoms with van der Waals surface area (Å²) in [6.45, 7) is 0.333. The first-order valence-corrected chi connectivity index (χ1v) is 8.80. The molecule has 9 nitrogen and oxygen atoms in total. The third-order valence-corrected chi connectivity index (χ3v) is 4.65. The van der Waals surface area contributed by atoms with Crippen LogP contribution in [0.4, 0.5) is 4.79 Å². The summed E-state index contributed by atoms with van der Waals surface area (Å²) in [6.07, 6.45) is 0.108. The lowest BCUT2D eigenvalue weighted by atomic mass is 10.1. The average Bonchev–Trinajstić information content (AvgIpc) is 2.79. The molecule has 0 aromatic heterocycles. The maximum absolute atomic E-state index is 12.8. The third kappa shape index (κ3) is 4.18. The Balaban J connectivity index is 1.68. The number of amides is 3. The molecular formula is C18H21N3O6. The number of fused-ring (bicyclic) bond motifs is 1. The fourth-order valence-electron chi connectivity index (χ4n) is 3.30. The Labute approximate surface area is 155 Å². The zero-order valence-corrected chi connectivity index (χ0v) is 14.7. The van der Waals surface area contributed by atoms with Gasteiger partial charge in [-0.2, -0.15) is 0 Å². The van der Waals surface area contributed by atoms with Crippen LogP contribution in [-0.4, -0.2) is 57.6 Å². The van der Waals surface area contributed by atoms with Gasteiger partial charge in [0, 0.05) is 13.0 Å². The Hall–Kier alpha value is -3.10. The van der Waals surface area contributed by atoms with Crippen LogP contribution in [0, 0.1) is 0 Å². The summed E-state index contributed by atoms with van der Waals surface area (Å²) in [5, 5.41) is 14.1. The van der Waals surface area contributed by atoms with Crippen LogP contribution in [-0.2, 0) is 25.7 Å². The fraction of sp³-hybridized carbons (Fsp3) is 0.444. The van der Waals surface area contributed by atoms with Crippen molar-refractivity contribution < 1.29 is 29.0 Å². The van der Waals surface area contributed by atoms with Crippen LogP contribution in [0.1, 0.15) is 31.2 Å². The number of nitrogens with one attached hydrogen (secondary N) is 1. The number of carboxylic acid groups (broad SMARTS) is 1. The highest BCUT2D eigenvalue weighted by Gasteiger charge is 2.44. The number of rotatable bonds is 4. The van der Waals surface area contributed by atoms with Gasteiger partial charge in [-0.05, 0) is 24.8 Å². The summed E-state index contributed by atoms with van der Waals surface area (Å²) in [4.78, 5) is 48.7. The van der Waals surface area contributed by atoms with Crippen LogP contribution in [0.2, 0.25) is 0 Å². The second-order valence-corrected chi connectivity index (χ2v) is 6.49. The Bertz CT molecular complexity index is 738. The summed E-state index contributed by atoms with van der Waals surface area (Å²) in [5.74, 6) is -2.10. The molecule has 9 heteroatoms. The molecule has 2 atom stereocenters. The van der Waals surface area contributed by atoms with E-state index in [1.54, 1.807) is 12.1 Å². The van der Waals surface area contributed by atoms with Gasteiger partial charge in [-0.1, -0.05) is 30.3 Å². The van der Waals surface area contributed by atoms with Gasteiger partial charge in [0.2, 0.25) is 5.91 Å². The number of hydrazine groups is 1. The number of carbonyl (C=O) groups is 4. The topological polar surface area (TPSA) is 116 Å². The molecule has 2 aliphatic heterocycles. The van der Waals surface area contributed by atoms with E-state index in [1.165, 1.54) is 5.01 Å². The smallest absolute Gasteiger partial charge is 0.408 e. The standard InChI is InChI=1S/C18H21N3O6/c22-15-9-8-13(19-18(26)27-11-12-5-2-1-3-6-12)16(23)21-14(17(24)25)7-4-10-20(15)21/h1-3,5-6,13-14H,4,7-11H2,(H,19,26)(H,24,25). The van der Waals surface area contributed by atoms with E-state index in [1.807, 2.05) is 18.2 Å². The van der Waals surface area contributed by atoms with E-state index in [-0.39, 0.29) is 31.8 Å². The van der Waals surface area contributed by atoms with E-state index in [0.717, 1.165) is 10.6 Å². The van der Waals surface area contributed by atoms with E-state index < -0.39 is 30.1 Å². The number of hydrogen-bond donors (Lipinski definition) is 2. The normalized spacial score (nSPS) is 22.7. The van der Waals surface area contributed by atoms with Gasteiger partial charge in [0.05, 0.1) is 0 Å². The summed E-state index contributed by atoms with van der Waals surface area (Å²) in [5.41, 5.74) is 0.795. The van der Waals surface area contributed by atoms with Crippen molar-refractivity contribution in [3.63, 3.8) is 0 Å². The maximum Gasteiger partial charge on any atom is 0.408 e. The second-order valence-electron chi connectivity index (χ2n) is 6.49. The molecule has 3 amide bonds. The minimum absolute atomic E-state index is 0.0399. The largest absolute Gasteiger partial charge is 0.480 e. The van der Waals surface area contributed by atoms with Crippen LogP contribution >= 0.6 is 0 Å². The molecule has 2 aliphatic rings. The van der Waals surface area contributed by atoms with E-state index >= 15 is 0 Å². The lowest BCUT2D eigenvalue weighted by Crippen LogP contribution is -2.62. The molecule has 1 aromatic carbocycles. The first-order valence-electron chi connectivity index (χ1n) is 8.80. The van der Waals surface area contributed by atoms with Crippen molar-refractivity contribution in [2.24, 2.45) is 0 Å². The molecule has 0 saturated carbocycles.